The summed E-state index contributed by atoms with van der Waals surface area (Å²) in [6.07, 6.45) is 5.37. The van der Waals surface area contributed by atoms with Gasteiger partial charge in [-0.2, -0.15) is 0 Å². The largest absolute Gasteiger partial charge is 0.465 e. The first-order chi connectivity index (χ1) is 16.0. The summed E-state index contributed by atoms with van der Waals surface area (Å²) in [5.41, 5.74) is 3.77. The Morgan fingerprint density at radius 2 is 2.03 bits per heavy atom. The normalized spacial score (nSPS) is 11.2. The monoisotopic (exact) mass is 528 g/mol. The predicted molar refractivity (Wildman–Crippen MR) is 130 cm³/mol. The van der Waals surface area contributed by atoms with Crippen LogP contribution in [0.5, 0.6) is 0 Å². The lowest BCUT2D eigenvalue weighted by Gasteiger charge is -2.10. The molecule has 0 saturated carbocycles. The Bertz CT molecular complexity index is 1350. The zero-order valence-corrected chi connectivity index (χ0v) is 20.6. The fourth-order valence-electron chi connectivity index (χ4n) is 3.78. The number of ether oxygens (including phenoxy) is 1. The van der Waals surface area contributed by atoms with Crippen LogP contribution in [-0.4, -0.2) is 38.3 Å². The number of fused-ring (bicyclic) bond motifs is 1. The number of imidazole rings is 2. The number of hydrogen-bond acceptors (Lipinski definition) is 5. The third-order valence-electron chi connectivity index (χ3n) is 5.47. The van der Waals surface area contributed by atoms with E-state index in [0.29, 0.717) is 34.7 Å². The Morgan fingerprint density at radius 1 is 1.24 bits per heavy atom. The molecule has 3 heterocycles. The molecule has 9 heteroatoms. The molecule has 0 bridgehead atoms. The van der Waals surface area contributed by atoms with Crippen molar-refractivity contribution in [1.29, 1.82) is 0 Å². The molecule has 170 valence electrons. The van der Waals surface area contributed by atoms with Crippen molar-refractivity contribution in [3.8, 4) is 11.3 Å². The van der Waals surface area contributed by atoms with Crippen molar-refractivity contribution in [2.75, 3.05) is 7.11 Å². The standard InChI is InChI=1S/C24H22BrClN4O3/c1-3-4-9-19-28-23(26)18(14-31)30(19)13-15-10-11-29-20(12-15)27-21(22(29)25)16-7-5-6-8-17(16)24(32)33-2/h5-8,10-12,14H,3-4,9,13H2,1-2H3. The van der Waals surface area contributed by atoms with Gasteiger partial charge in [-0.1, -0.05) is 43.1 Å². The topological polar surface area (TPSA) is 78.5 Å². The number of pyridine rings is 1. The smallest absolute Gasteiger partial charge is 0.338 e. The average Bonchev–Trinajstić information content (AvgIpc) is 3.32. The number of carbonyl (C=O) groups is 2. The van der Waals surface area contributed by atoms with Crippen LogP contribution in [0.2, 0.25) is 5.15 Å². The predicted octanol–water partition coefficient (Wildman–Crippen LogP) is 5.60. The quantitative estimate of drug-likeness (QED) is 0.219. The average molecular weight is 530 g/mol. The van der Waals surface area contributed by atoms with Gasteiger partial charge in [0.2, 0.25) is 0 Å². The first-order valence-corrected chi connectivity index (χ1v) is 11.7. The fourth-order valence-corrected chi connectivity index (χ4v) is 4.63. The minimum Gasteiger partial charge on any atom is -0.465 e. The van der Waals surface area contributed by atoms with Crippen molar-refractivity contribution < 1.29 is 14.3 Å². The summed E-state index contributed by atoms with van der Waals surface area (Å²) in [6, 6.07) is 11.1. The van der Waals surface area contributed by atoms with Crippen LogP contribution in [0.25, 0.3) is 16.9 Å². The fraction of sp³-hybridized carbons (Fsp3) is 0.250. The van der Waals surface area contributed by atoms with Gasteiger partial charge in [-0.3, -0.25) is 9.20 Å². The van der Waals surface area contributed by atoms with Crippen molar-refractivity contribution in [3.05, 3.63) is 75.0 Å². The third-order valence-corrected chi connectivity index (χ3v) is 6.50. The van der Waals surface area contributed by atoms with E-state index in [9.17, 15) is 9.59 Å². The summed E-state index contributed by atoms with van der Waals surface area (Å²) in [5, 5.41) is 0.224. The van der Waals surface area contributed by atoms with Gasteiger partial charge in [0, 0.05) is 24.7 Å². The Balaban J connectivity index is 1.75. The van der Waals surface area contributed by atoms with E-state index < -0.39 is 5.97 Å². The van der Waals surface area contributed by atoms with Gasteiger partial charge in [0.25, 0.3) is 0 Å². The molecule has 0 N–H and O–H groups in total. The van der Waals surface area contributed by atoms with Crippen molar-refractivity contribution >= 4 is 45.4 Å². The summed E-state index contributed by atoms with van der Waals surface area (Å²) in [6.45, 7) is 2.55. The van der Waals surface area contributed by atoms with Gasteiger partial charge in [-0.15, -0.1) is 0 Å². The van der Waals surface area contributed by atoms with Crippen LogP contribution >= 0.6 is 27.5 Å². The highest BCUT2D eigenvalue weighted by molar-refractivity contribution is 9.10. The van der Waals surface area contributed by atoms with Crippen molar-refractivity contribution in [1.82, 2.24) is 18.9 Å². The number of rotatable bonds is 8. The Labute approximate surface area is 204 Å². The highest BCUT2D eigenvalue weighted by Gasteiger charge is 2.20. The number of benzene rings is 1. The molecule has 0 atom stereocenters. The van der Waals surface area contributed by atoms with Gasteiger partial charge in [-0.05, 0) is 46.1 Å². The van der Waals surface area contributed by atoms with Crippen LogP contribution in [0.15, 0.2) is 47.2 Å². The van der Waals surface area contributed by atoms with E-state index in [4.69, 9.17) is 21.3 Å². The number of carbonyl (C=O) groups excluding carboxylic acids is 2. The lowest BCUT2D eigenvalue weighted by Crippen LogP contribution is -2.09. The van der Waals surface area contributed by atoms with Gasteiger partial charge < -0.3 is 9.30 Å². The van der Waals surface area contributed by atoms with Crippen LogP contribution in [0.4, 0.5) is 0 Å². The summed E-state index contributed by atoms with van der Waals surface area (Å²) >= 11 is 9.83. The molecule has 0 aliphatic heterocycles. The number of esters is 1. The van der Waals surface area contributed by atoms with Crippen LogP contribution < -0.4 is 0 Å². The molecule has 1 aromatic carbocycles. The summed E-state index contributed by atoms with van der Waals surface area (Å²) in [4.78, 5) is 33.1. The van der Waals surface area contributed by atoms with Crippen molar-refractivity contribution in [2.45, 2.75) is 32.7 Å². The maximum absolute atomic E-state index is 12.2. The van der Waals surface area contributed by atoms with Crippen molar-refractivity contribution in [3.63, 3.8) is 0 Å². The maximum atomic E-state index is 12.2. The first kappa shape index (κ1) is 23.2. The number of methoxy groups -OCH3 is 1. The van der Waals surface area contributed by atoms with E-state index in [1.807, 2.05) is 39.4 Å². The second-order valence-corrected chi connectivity index (χ2v) is 8.67. The Kier molecular flexibility index (Phi) is 6.95. The number of hydrogen-bond donors (Lipinski definition) is 0. The highest BCUT2D eigenvalue weighted by Crippen LogP contribution is 2.32. The number of aromatic nitrogens is 4. The molecule has 0 saturated heterocycles. The molecule has 0 spiro atoms. The number of halogens is 2. The molecular formula is C24H22BrClN4O3. The van der Waals surface area contributed by atoms with E-state index in [-0.39, 0.29) is 5.15 Å². The van der Waals surface area contributed by atoms with E-state index in [0.717, 1.165) is 41.5 Å². The van der Waals surface area contributed by atoms with Crippen LogP contribution in [0.3, 0.4) is 0 Å². The number of nitrogens with zero attached hydrogens (tertiary/aromatic N) is 4. The van der Waals surface area contributed by atoms with Gasteiger partial charge in [0.1, 0.15) is 27.5 Å². The van der Waals surface area contributed by atoms with Crippen LogP contribution in [0.1, 0.15) is 52.0 Å². The first-order valence-electron chi connectivity index (χ1n) is 10.5. The van der Waals surface area contributed by atoms with E-state index >= 15 is 0 Å². The highest BCUT2D eigenvalue weighted by atomic mass is 79.9. The SMILES string of the molecule is CCCCc1nc(Cl)c(C=O)n1Cc1ccn2c(Br)c(-c3ccccc3C(=O)OC)nc2c1. The van der Waals surface area contributed by atoms with E-state index in [1.54, 1.807) is 12.1 Å². The molecule has 0 fully saturated rings. The molecule has 0 radical (unpaired) electrons. The van der Waals surface area contributed by atoms with Crippen LogP contribution in [-0.2, 0) is 17.7 Å². The lowest BCUT2D eigenvalue weighted by molar-refractivity contribution is 0.0601. The number of aryl methyl sites for hydroxylation is 1. The van der Waals surface area contributed by atoms with E-state index in [2.05, 4.69) is 27.8 Å². The maximum Gasteiger partial charge on any atom is 0.338 e. The molecule has 0 aliphatic carbocycles. The minimum absolute atomic E-state index is 0.224. The Hall–Kier alpha value is -2.97. The molecule has 0 unspecified atom stereocenters. The molecular weight excluding hydrogens is 508 g/mol. The van der Waals surface area contributed by atoms with Gasteiger partial charge in [0.05, 0.1) is 12.7 Å². The summed E-state index contributed by atoms with van der Waals surface area (Å²) in [5.74, 6) is 0.370. The minimum atomic E-state index is -0.423. The van der Waals surface area contributed by atoms with E-state index in [1.165, 1.54) is 7.11 Å². The number of aldehydes is 1. The summed E-state index contributed by atoms with van der Waals surface area (Å²) in [7, 11) is 1.36. The second-order valence-electron chi connectivity index (χ2n) is 7.56. The Morgan fingerprint density at radius 3 is 2.76 bits per heavy atom. The van der Waals surface area contributed by atoms with Gasteiger partial charge >= 0.3 is 5.97 Å². The molecule has 0 aliphatic rings. The number of unbranched alkanes of at least 4 members (excludes halogenated alkanes) is 1. The molecule has 4 rings (SSSR count). The van der Waals surface area contributed by atoms with Crippen LogP contribution in [0, 0.1) is 0 Å². The second kappa shape index (κ2) is 9.89. The molecule has 4 aromatic rings. The van der Waals surface area contributed by atoms with Gasteiger partial charge in [0.15, 0.2) is 11.4 Å². The zero-order valence-electron chi connectivity index (χ0n) is 18.2. The molecule has 3 aromatic heterocycles. The third kappa shape index (κ3) is 4.45. The molecule has 33 heavy (non-hydrogen) atoms. The molecule has 7 nitrogen and oxygen atoms in total. The lowest BCUT2D eigenvalue weighted by atomic mass is 10.1. The zero-order chi connectivity index (χ0) is 23.5. The van der Waals surface area contributed by atoms with Crippen molar-refractivity contribution in [2.24, 2.45) is 0 Å². The molecule has 0 amide bonds. The van der Waals surface area contributed by atoms with Gasteiger partial charge in [-0.25, -0.2) is 14.8 Å². The summed E-state index contributed by atoms with van der Waals surface area (Å²) < 4.78 is 9.41.